The molecule has 21 heavy (non-hydrogen) atoms. The highest BCUT2D eigenvalue weighted by molar-refractivity contribution is 5.40. The third-order valence-corrected chi connectivity index (χ3v) is 3.56. The summed E-state index contributed by atoms with van der Waals surface area (Å²) in [7, 11) is 1.67. The van der Waals surface area contributed by atoms with Crippen molar-refractivity contribution in [2.24, 2.45) is 5.73 Å². The summed E-state index contributed by atoms with van der Waals surface area (Å²) in [6.45, 7) is 6.54. The van der Waals surface area contributed by atoms with Gasteiger partial charge in [-0.1, -0.05) is 18.2 Å². The third-order valence-electron chi connectivity index (χ3n) is 3.56. The van der Waals surface area contributed by atoms with Gasteiger partial charge in [-0.2, -0.15) is 0 Å². The minimum absolute atomic E-state index is 0.00429. The number of nitrogens with two attached hydrogens (primary N) is 1. The van der Waals surface area contributed by atoms with Crippen LogP contribution in [0, 0.1) is 13.8 Å². The van der Waals surface area contributed by atoms with E-state index in [-0.39, 0.29) is 6.04 Å². The fourth-order valence-corrected chi connectivity index (χ4v) is 2.21. The first-order valence-corrected chi connectivity index (χ1v) is 7.13. The van der Waals surface area contributed by atoms with Crippen molar-refractivity contribution >= 4 is 0 Å². The van der Waals surface area contributed by atoms with Crippen molar-refractivity contribution in [1.29, 1.82) is 0 Å². The Labute approximate surface area is 126 Å². The highest BCUT2D eigenvalue weighted by Gasteiger charge is 2.09. The SMILES string of the molecule is COc1ccc(C(C)N)cc1COc1cc(C)ccc1C. The van der Waals surface area contributed by atoms with Crippen LogP contribution >= 0.6 is 0 Å². The van der Waals surface area contributed by atoms with E-state index in [2.05, 4.69) is 31.2 Å². The van der Waals surface area contributed by atoms with E-state index in [0.29, 0.717) is 6.61 Å². The Kier molecular flexibility index (Phi) is 4.86. The average molecular weight is 285 g/mol. The van der Waals surface area contributed by atoms with Gasteiger partial charge in [-0.3, -0.25) is 0 Å². The van der Waals surface area contributed by atoms with Gasteiger partial charge < -0.3 is 15.2 Å². The number of hydrogen-bond acceptors (Lipinski definition) is 3. The first-order valence-electron chi connectivity index (χ1n) is 7.13. The maximum atomic E-state index is 5.96. The molecule has 0 aromatic heterocycles. The molecule has 0 saturated carbocycles. The van der Waals surface area contributed by atoms with Gasteiger partial charge in [-0.15, -0.1) is 0 Å². The summed E-state index contributed by atoms with van der Waals surface area (Å²) in [4.78, 5) is 0. The molecule has 3 nitrogen and oxygen atoms in total. The van der Waals surface area contributed by atoms with Crippen LogP contribution in [0.5, 0.6) is 11.5 Å². The predicted octanol–water partition coefficient (Wildman–Crippen LogP) is 3.91. The largest absolute Gasteiger partial charge is 0.496 e. The van der Waals surface area contributed by atoms with Gasteiger partial charge in [0.25, 0.3) is 0 Å². The van der Waals surface area contributed by atoms with E-state index in [4.69, 9.17) is 15.2 Å². The zero-order chi connectivity index (χ0) is 15.4. The number of benzene rings is 2. The molecule has 2 aromatic carbocycles. The van der Waals surface area contributed by atoms with Crippen LogP contribution in [0.1, 0.15) is 35.2 Å². The van der Waals surface area contributed by atoms with E-state index in [1.54, 1.807) is 7.11 Å². The molecule has 0 bridgehead atoms. The predicted molar refractivity (Wildman–Crippen MR) is 85.8 cm³/mol. The Morgan fingerprint density at radius 1 is 1.05 bits per heavy atom. The molecule has 0 fully saturated rings. The number of ether oxygens (including phenoxy) is 2. The minimum atomic E-state index is -0.00429. The Morgan fingerprint density at radius 3 is 2.48 bits per heavy atom. The first kappa shape index (κ1) is 15.4. The highest BCUT2D eigenvalue weighted by Crippen LogP contribution is 2.26. The first-order chi connectivity index (χ1) is 10.0. The van der Waals surface area contributed by atoms with Gasteiger partial charge in [0, 0.05) is 11.6 Å². The summed E-state index contributed by atoms with van der Waals surface area (Å²) in [5.41, 5.74) is 10.3. The van der Waals surface area contributed by atoms with Crippen molar-refractivity contribution in [3.63, 3.8) is 0 Å². The molecule has 0 spiro atoms. The second-order valence-corrected chi connectivity index (χ2v) is 5.42. The van der Waals surface area contributed by atoms with Crippen LogP contribution in [0.3, 0.4) is 0 Å². The molecule has 112 valence electrons. The maximum absolute atomic E-state index is 5.96. The molecule has 1 unspecified atom stereocenters. The fraction of sp³-hybridized carbons (Fsp3) is 0.333. The summed E-state index contributed by atoms with van der Waals surface area (Å²) in [6, 6.07) is 12.2. The maximum Gasteiger partial charge on any atom is 0.125 e. The average Bonchev–Trinajstić information content (AvgIpc) is 2.47. The summed E-state index contributed by atoms with van der Waals surface area (Å²) in [5.74, 6) is 1.73. The molecule has 2 rings (SSSR count). The van der Waals surface area contributed by atoms with Gasteiger partial charge in [0.15, 0.2) is 0 Å². The van der Waals surface area contributed by atoms with Crippen LogP contribution < -0.4 is 15.2 Å². The van der Waals surface area contributed by atoms with E-state index in [1.807, 2.05) is 26.0 Å². The van der Waals surface area contributed by atoms with Crippen LogP contribution in [0.2, 0.25) is 0 Å². The topological polar surface area (TPSA) is 44.5 Å². The highest BCUT2D eigenvalue weighted by atomic mass is 16.5. The van der Waals surface area contributed by atoms with E-state index in [9.17, 15) is 0 Å². The van der Waals surface area contributed by atoms with Crippen molar-refractivity contribution < 1.29 is 9.47 Å². The van der Waals surface area contributed by atoms with Gasteiger partial charge in [-0.25, -0.2) is 0 Å². The number of methoxy groups -OCH3 is 1. The van der Waals surface area contributed by atoms with Gasteiger partial charge in [0.05, 0.1) is 7.11 Å². The fourth-order valence-electron chi connectivity index (χ4n) is 2.21. The molecule has 2 N–H and O–H groups in total. The normalized spacial score (nSPS) is 12.0. The van der Waals surface area contributed by atoms with Crippen LogP contribution in [0.15, 0.2) is 36.4 Å². The number of hydrogen-bond donors (Lipinski definition) is 1. The molecule has 2 aromatic rings. The van der Waals surface area contributed by atoms with Gasteiger partial charge >= 0.3 is 0 Å². The molecule has 3 heteroatoms. The minimum Gasteiger partial charge on any atom is -0.496 e. The smallest absolute Gasteiger partial charge is 0.125 e. The number of aryl methyl sites for hydroxylation is 2. The van der Waals surface area contributed by atoms with E-state index >= 15 is 0 Å². The number of rotatable bonds is 5. The quantitative estimate of drug-likeness (QED) is 0.905. The standard InChI is InChI=1S/C18H23NO2/c1-12-5-6-13(2)18(9-12)21-11-16-10-15(14(3)19)7-8-17(16)20-4/h5-10,14H,11,19H2,1-4H3. The van der Waals surface area contributed by atoms with Gasteiger partial charge in [0.1, 0.15) is 18.1 Å². The molecule has 0 heterocycles. The summed E-state index contributed by atoms with van der Waals surface area (Å²) < 4.78 is 11.4. The molecule has 0 aliphatic rings. The summed E-state index contributed by atoms with van der Waals surface area (Å²) >= 11 is 0. The lowest BCUT2D eigenvalue weighted by Crippen LogP contribution is -2.07. The molecular formula is C18H23NO2. The Morgan fingerprint density at radius 2 is 1.81 bits per heavy atom. The van der Waals surface area contributed by atoms with Crippen molar-refractivity contribution in [2.75, 3.05) is 7.11 Å². The van der Waals surface area contributed by atoms with Crippen LogP contribution in [-0.4, -0.2) is 7.11 Å². The van der Waals surface area contributed by atoms with Gasteiger partial charge in [-0.05, 0) is 55.7 Å². The van der Waals surface area contributed by atoms with Crippen molar-refractivity contribution in [2.45, 2.75) is 33.4 Å². The van der Waals surface area contributed by atoms with Crippen LogP contribution in [-0.2, 0) is 6.61 Å². The van der Waals surface area contributed by atoms with Crippen molar-refractivity contribution in [3.8, 4) is 11.5 Å². The molecule has 0 saturated heterocycles. The Hall–Kier alpha value is -2.00. The molecule has 1 atom stereocenters. The second kappa shape index (κ2) is 6.64. The molecule has 0 amide bonds. The monoisotopic (exact) mass is 285 g/mol. The lowest BCUT2D eigenvalue weighted by atomic mass is 10.1. The van der Waals surface area contributed by atoms with Crippen molar-refractivity contribution in [1.82, 2.24) is 0 Å². The van der Waals surface area contributed by atoms with Crippen molar-refractivity contribution in [3.05, 3.63) is 58.7 Å². The Bertz CT molecular complexity index is 621. The lowest BCUT2D eigenvalue weighted by molar-refractivity contribution is 0.294. The van der Waals surface area contributed by atoms with E-state index in [0.717, 1.165) is 28.2 Å². The Balaban J connectivity index is 2.22. The lowest BCUT2D eigenvalue weighted by Gasteiger charge is -2.15. The molecule has 0 radical (unpaired) electrons. The summed E-state index contributed by atoms with van der Waals surface area (Å²) in [6.07, 6.45) is 0. The molecule has 0 aliphatic heterocycles. The molecular weight excluding hydrogens is 262 g/mol. The van der Waals surface area contributed by atoms with Crippen LogP contribution in [0.4, 0.5) is 0 Å². The zero-order valence-corrected chi connectivity index (χ0v) is 13.1. The van der Waals surface area contributed by atoms with Crippen LogP contribution in [0.25, 0.3) is 0 Å². The molecule has 0 aliphatic carbocycles. The second-order valence-electron chi connectivity index (χ2n) is 5.42. The zero-order valence-electron chi connectivity index (χ0n) is 13.1. The summed E-state index contributed by atoms with van der Waals surface area (Å²) in [5, 5.41) is 0. The van der Waals surface area contributed by atoms with Gasteiger partial charge in [0.2, 0.25) is 0 Å². The third kappa shape index (κ3) is 3.76. The van der Waals surface area contributed by atoms with E-state index in [1.165, 1.54) is 5.56 Å². The van der Waals surface area contributed by atoms with E-state index < -0.39 is 0 Å².